The van der Waals surface area contributed by atoms with Crippen molar-refractivity contribution in [3.05, 3.63) is 22.4 Å². The predicted molar refractivity (Wildman–Crippen MR) is 92.3 cm³/mol. The molecule has 0 radical (unpaired) electrons. The predicted octanol–water partition coefficient (Wildman–Crippen LogP) is 2.86. The van der Waals surface area contributed by atoms with Gasteiger partial charge in [-0.25, -0.2) is 0 Å². The Morgan fingerprint density at radius 1 is 1.48 bits per heavy atom. The first kappa shape index (κ1) is 18.0. The van der Waals surface area contributed by atoms with E-state index in [1.54, 1.807) is 0 Å². The third kappa shape index (κ3) is 8.07. The minimum absolute atomic E-state index is 0.606. The molecule has 1 aromatic rings. The summed E-state index contributed by atoms with van der Waals surface area (Å²) in [5.41, 5.74) is 0. The van der Waals surface area contributed by atoms with Crippen molar-refractivity contribution >= 4 is 17.3 Å². The van der Waals surface area contributed by atoms with Crippen LogP contribution in [0.5, 0.6) is 0 Å². The molecule has 0 aliphatic rings. The van der Waals surface area contributed by atoms with E-state index in [-0.39, 0.29) is 0 Å². The first-order valence-corrected chi connectivity index (χ1v) is 8.53. The van der Waals surface area contributed by atoms with Crippen LogP contribution in [0.15, 0.2) is 22.5 Å². The van der Waals surface area contributed by atoms with E-state index in [0.717, 1.165) is 45.1 Å². The number of thiophene rings is 1. The fraction of sp³-hybridized carbons (Fsp3) is 0.688. The van der Waals surface area contributed by atoms with Gasteiger partial charge < -0.3 is 15.0 Å². The highest BCUT2D eigenvalue weighted by atomic mass is 32.1. The number of nitrogens with one attached hydrogen (secondary N) is 1. The van der Waals surface area contributed by atoms with Crippen LogP contribution in [-0.4, -0.2) is 51.3 Å². The molecule has 1 aromatic heterocycles. The maximum atomic E-state index is 5.58. The molecule has 1 heterocycles. The fourth-order valence-electron chi connectivity index (χ4n) is 1.92. The Balaban J connectivity index is 2.15. The summed E-state index contributed by atoms with van der Waals surface area (Å²) in [5.74, 6) is 1.56. The summed E-state index contributed by atoms with van der Waals surface area (Å²) in [4.78, 5) is 7.92. The molecular weight excluding hydrogens is 282 g/mol. The third-order valence-corrected chi connectivity index (χ3v) is 3.98. The van der Waals surface area contributed by atoms with Gasteiger partial charge in [0.15, 0.2) is 5.96 Å². The second kappa shape index (κ2) is 10.6. The lowest BCUT2D eigenvalue weighted by molar-refractivity contribution is 0.108. The van der Waals surface area contributed by atoms with Crippen molar-refractivity contribution in [2.24, 2.45) is 10.9 Å². The first-order chi connectivity index (χ1) is 10.1. The van der Waals surface area contributed by atoms with Crippen molar-refractivity contribution in [3.8, 4) is 0 Å². The lowest BCUT2D eigenvalue weighted by Crippen LogP contribution is -2.40. The van der Waals surface area contributed by atoms with Crippen molar-refractivity contribution in [2.45, 2.75) is 26.7 Å². The van der Waals surface area contributed by atoms with E-state index >= 15 is 0 Å². The number of hydrogen-bond donors (Lipinski definition) is 1. The average Bonchev–Trinajstić information content (AvgIpc) is 2.97. The van der Waals surface area contributed by atoms with Crippen molar-refractivity contribution in [1.29, 1.82) is 0 Å². The van der Waals surface area contributed by atoms with Gasteiger partial charge in [0, 0.05) is 45.3 Å². The van der Waals surface area contributed by atoms with Crippen LogP contribution in [0.1, 0.15) is 25.1 Å². The molecule has 0 aliphatic heterocycles. The third-order valence-electron chi connectivity index (χ3n) is 3.05. The Bertz CT molecular complexity index is 390. The number of nitrogens with zero attached hydrogens (tertiary/aromatic N) is 2. The van der Waals surface area contributed by atoms with Crippen LogP contribution in [0.25, 0.3) is 0 Å². The molecule has 21 heavy (non-hydrogen) atoms. The molecule has 1 rings (SSSR count). The topological polar surface area (TPSA) is 36.9 Å². The van der Waals surface area contributed by atoms with Gasteiger partial charge >= 0.3 is 0 Å². The minimum atomic E-state index is 0.606. The van der Waals surface area contributed by atoms with Gasteiger partial charge in [-0.05, 0) is 30.2 Å². The normalized spacial score (nSPS) is 12.0. The van der Waals surface area contributed by atoms with Gasteiger partial charge in [0.2, 0.25) is 0 Å². The zero-order valence-electron chi connectivity index (χ0n) is 13.8. The number of rotatable bonds is 9. The van der Waals surface area contributed by atoms with Crippen molar-refractivity contribution in [1.82, 2.24) is 10.2 Å². The molecule has 0 unspecified atom stereocenters. The smallest absolute Gasteiger partial charge is 0.193 e. The molecule has 120 valence electrons. The van der Waals surface area contributed by atoms with E-state index in [1.165, 1.54) is 4.88 Å². The second-order valence-corrected chi connectivity index (χ2v) is 6.58. The van der Waals surface area contributed by atoms with E-state index in [2.05, 4.69) is 53.6 Å². The summed E-state index contributed by atoms with van der Waals surface area (Å²) in [7, 11) is 3.91. The van der Waals surface area contributed by atoms with E-state index in [1.807, 2.05) is 18.4 Å². The maximum Gasteiger partial charge on any atom is 0.193 e. The van der Waals surface area contributed by atoms with Crippen LogP contribution in [0, 0.1) is 5.92 Å². The Hall–Kier alpha value is -1.07. The van der Waals surface area contributed by atoms with Crippen LogP contribution in [0.2, 0.25) is 0 Å². The molecule has 0 saturated heterocycles. The highest BCUT2D eigenvalue weighted by Crippen LogP contribution is 2.09. The van der Waals surface area contributed by atoms with E-state index in [4.69, 9.17) is 4.74 Å². The average molecular weight is 311 g/mol. The highest BCUT2D eigenvalue weighted by molar-refractivity contribution is 7.09. The number of hydrogen-bond acceptors (Lipinski definition) is 3. The zero-order chi connectivity index (χ0) is 15.5. The van der Waals surface area contributed by atoms with E-state index < -0.39 is 0 Å². The van der Waals surface area contributed by atoms with Crippen LogP contribution in [0.3, 0.4) is 0 Å². The van der Waals surface area contributed by atoms with Crippen molar-refractivity contribution in [3.63, 3.8) is 0 Å². The molecule has 0 amide bonds. The highest BCUT2D eigenvalue weighted by Gasteiger charge is 2.05. The second-order valence-electron chi connectivity index (χ2n) is 5.55. The van der Waals surface area contributed by atoms with Gasteiger partial charge in [-0.15, -0.1) is 11.3 Å². The minimum Gasteiger partial charge on any atom is -0.381 e. The summed E-state index contributed by atoms with van der Waals surface area (Å²) in [6, 6.07) is 4.28. The Morgan fingerprint density at radius 3 is 2.90 bits per heavy atom. The largest absolute Gasteiger partial charge is 0.381 e. The SMILES string of the molecule is CN=C(NCCCOCC(C)C)N(C)CCc1cccs1. The van der Waals surface area contributed by atoms with Crippen LogP contribution in [0.4, 0.5) is 0 Å². The lowest BCUT2D eigenvalue weighted by Gasteiger charge is -2.21. The zero-order valence-corrected chi connectivity index (χ0v) is 14.6. The van der Waals surface area contributed by atoms with Gasteiger partial charge in [0.1, 0.15) is 0 Å². The van der Waals surface area contributed by atoms with Crippen LogP contribution < -0.4 is 5.32 Å². The summed E-state index contributed by atoms with van der Waals surface area (Å²) in [5, 5.41) is 5.51. The number of likely N-dealkylation sites (N-methyl/N-ethyl adjacent to an activating group) is 1. The molecule has 0 aromatic carbocycles. The fourth-order valence-corrected chi connectivity index (χ4v) is 2.62. The van der Waals surface area contributed by atoms with Crippen molar-refractivity contribution in [2.75, 3.05) is 40.4 Å². The van der Waals surface area contributed by atoms with Crippen molar-refractivity contribution < 1.29 is 4.74 Å². The first-order valence-electron chi connectivity index (χ1n) is 7.65. The van der Waals surface area contributed by atoms with Gasteiger partial charge in [-0.3, -0.25) is 4.99 Å². The van der Waals surface area contributed by atoms with Gasteiger partial charge in [0.25, 0.3) is 0 Å². The number of ether oxygens (including phenoxy) is 1. The van der Waals surface area contributed by atoms with Gasteiger partial charge in [0.05, 0.1) is 0 Å². The molecule has 0 aliphatic carbocycles. The summed E-state index contributed by atoms with van der Waals surface area (Å²) in [6.07, 6.45) is 2.07. The number of guanidine groups is 1. The standard InChI is InChI=1S/C16H29N3OS/c1-14(2)13-20-11-6-9-18-16(17-3)19(4)10-8-15-7-5-12-21-15/h5,7,12,14H,6,8-11,13H2,1-4H3,(H,17,18). The summed E-state index contributed by atoms with van der Waals surface area (Å²) in [6.45, 7) is 7.86. The monoisotopic (exact) mass is 311 g/mol. The molecule has 0 saturated carbocycles. The number of aliphatic imine (C=N–C) groups is 1. The quantitative estimate of drug-likeness (QED) is 0.433. The van der Waals surface area contributed by atoms with Crippen LogP contribution in [-0.2, 0) is 11.2 Å². The molecular formula is C16H29N3OS. The Morgan fingerprint density at radius 2 is 2.29 bits per heavy atom. The van der Waals surface area contributed by atoms with Gasteiger partial charge in [-0.1, -0.05) is 19.9 Å². The lowest BCUT2D eigenvalue weighted by atomic mass is 10.2. The maximum absolute atomic E-state index is 5.58. The van der Waals surface area contributed by atoms with E-state index in [9.17, 15) is 0 Å². The van der Waals surface area contributed by atoms with Crippen LogP contribution >= 0.6 is 11.3 Å². The molecule has 4 nitrogen and oxygen atoms in total. The molecule has 1 N–H and O–H groups in total. The summed E-state index contributed by atoms with van der Waals surface area (Å²) < 4.78 is 5.58. The van der Waals surface area contributed by atoms with E-state index in [0.29, 0.717) is 5.92 Å². The van der Waals surface area contributed by atoms with Gasteiger partial charge in [-0.2, -0.15) is 0 Å². The molecule has 5 heteroatoms. The molecule has 0 fully saturated rings. The molecule has 0 bridgehead atoms. The molecule has 0 spiro atoms. The summed E-state index contributed by atoms with van der Waals surface area (Å²) >= 11 is 1.81. The molecule has 0 atom stereocenters. The Kier molecular flexibility index (Phi) is 9.10. The Labute approximate surface area is 133 Å².